The van der Waals surface area contributed by atoms with Crippen LogP contribution in [0, 0.1) is 0 Å². The molecule has 2 aromatic rings. The third-order valence-corrected chi connectivity index (χ3v) is 6.17. The monoisotopic (exact) mass is 486 g/mol. The molecule has 3 rings (SSSR count). The molecule has 0 aromatic heterocycles. The van der Waals surface area contributed by atoms with Crippen molar-refractivity contribution in [2.75, 3.05) is 5.32 Å². The number of halogens is 1. The molecule has 8 heteroatoms. The summed E-state index contributed by atoms with van der Waals surface area (Å²) in [5, 5.41) is 15.9. The van der Waals surface area contributed by atoms with Crippen LogP contribution in [0.2, 0.25) is 5.02 Å². The molecule has 2 aromatic carbocycles. The number of anilines is 1. The first-order valence-electron chi connectivity index (χ1n) is 11.1. The molecule has 0 bridgehead atoms. The molecule has 0 aliphatic carbocycles. The molecule has 1 heterocycles. The molecule has 2 atom stereocenters. The second-order valence-electron chi connectivity index (χ2n) is 10.3. The summed E-state index contributed by atoms with van der Waals surface area (Å²) in [6, 6.07) is 11.6. The largest absolute Gasteiger partial charge is 0.480 e. The van der Waals surface area contributed by atoms with Gasteiger partial charge < -0.3 is 20.5 Å². The van der Waals surface area contributed by atoms with Crippen LogP contribution >= 0.6 is 11.6 Å². The third-order valence-electron chi connectivity index (χ3n) is 5.95. The lowest BCUT2D eigenvalue weighted by molar-refractivity contribution is -0.139. The van der Waals surface area contributed by atoms with Crippen LogP contribution in [0.25, 0.3) is 0 Å². The number of Topliss-reactive ketones (excluding diaryl/α,β-unsaturated/α-hetero) is 1. The van der Waals surface area contributed by atoms with Crippen molar-refractivity contribution >= 4 is 35.1 Å². The lowest BCUT2D eigenvalue weighted by Gasteiger charge is -2.45. The molecular weight excluding hydrogens is 456 g/mol. The fraction of sp³-hybridized carbons (Fsp3) is 0.423. The Morgan fingerprint density at radius 3 is 2.32 bits per heavy atom. The smallest absolute Gasteiger partial charge is 0.408 e. The molecule has 1 unspecified atom stereocenters. The van der Waals surface area contributed by atoms with E-state index in [9.17, 15) is 19.5 Å². The first kappa shape index (κ1) is 25.6. The van der Waals surface area contributed by atoms with Crippen molar-refractivity contribution in [3.05, 3.63) is 64.2 Å². The van der Waals surface area contributed by atoms with Crippen molar-refractivity contribution in [3.8, 4) is 0 Å². The van der Waals surface area contributed by atoms with Gasteiger partial charge in [-0.05, 0) is 70.4 Å². The van der Waals surface area contributed by atoms with Crippen LogP contribution in [0.5, 0.6) is 0 Å². The minimum atomic E-state index is -1.26. The van der Waals surface area contributed by atoms with Crippen molar-refractivity contribution in [2.24, 2.45) is 0 Å². The molecule has 1 amide bonds. The van der Waals surface area contributed by atoms with E-state index < -0.39 is 34.7 Å². The highest BCUT2D eigenvalue weighted by Gasteiger charge is 2.50. The molecule has 1 aliphatic heterocycles. The Balaban J connectivity index is 2.10. The molecule has 0 radical (unpaired) electrons. The number of amides is 1. The van der Waals surface area contributed by atoms with Gasteiger partial charge in [-0.2, -0.15) is 0 Å². The van der Waals surface area contributed by atoms with E-state index in [1.807, 2.05) is 37.3 Å². The van der Waals surface area contributed by atoms with Gasteiger partial charge in [0.25, 0.3) is 0 Å². The van der Waals surface area contributed by atoms with Gasteiger partial charge in [0.05, 0.1) is 11.0 Å². The number of hydrogen-bond donors (Lipinski definition) is 3. The highest BCUT2D eigenvalue weighted by Crippen LogP contribution is 2.47. The maximum Gasteiger partial charge on any atom is 0.408 e. The van der Waals surface area contributed by atoms with Gasteiger partial charge in [-0.1, -0.05) is 41.9 Å². The number of carboxylic acids is 1. The zero-order valence-electron chi connectivity index (χ0n) is 20.3. The van der Waals surface area contributed by atoms with Gasteiger partial charge in [-0.3, -0.25) is 4.79 Å². The number of aliphatic carboxylic acids is 1. The van der Waals surface area contributed by atoms with E-state index in [4.69, 9.17) is 16.3 Å². The van der Waals surface area contributed by atoms with E-state index in [1.165, 1.54) is 0 Å². The molecule has 34 heavy (non-hydrogen) atoms. The quantitative estimate of drug-likeness (QED) is 0.553. The fourth-order valence-electron chi connectivity index (χ4n) is 4.41. The third kappa shape index (κ3) is 5.04. The molecule has 1 aliphatic rings. The van der Waals surface area contributed by atoms with Crippen LogP contribution < -0.4 is 10.6 Å². The summed E-state index contributed by atoms with van der Waals surface area (Å²) in [5.74, 6) is -1.25. The van der Waals surface area contributed by atoms with Gasteiger partial charge in [0.1, 0.15) is 11.6 Å². The van der Waals surface area contributed by atoms with Crippen molar-refractivity contribution in [1.29, 1.82) is 0 Å². The van der Waals surface area contributed by atoms with Gasteiger partial charge >= 0.3 is 12.1 Å². The number of hydrogen-bond acceptors (Lipinski definition) is 5. The van der Waals surface area contributed by atoms with Crippen LogP contribution in [0.1, 0.15) is 58.2 Å². The number of fused-ring (bicyclic) bond motifs is 1. The van der Waals surface area contributed by atoms with Gasteiger partial charge in [-0.15, -0.1) is 0 Å². The minimum Gasteiger partial charge on any atom is -0.480 e. The standard InChI is InChI=1S/C26H31ClN2O5/c1-24(2,3)34-23(33)28-19(21(30)31)13-15-12-17(27)14-18-20(15)29-25(4,5)22(32)26(18,6)16-10-8-7-9-11-16/h7-12,14,19,29H,13H2,1-6H3,(H,28,33)(H,30,31)/t19-,26?/m1/s1. The summed E-state index contributed by atoms with van der Waals surface area (Å²) in [7, 11) is 0. The summed E-state index contributed by atoms with van der Waals surface area (Å²) < 4.78 is 5.23. The van der Waals surface area contributed by atoms with E-state index in [2.05, 4.69) is 10.6 Å². The fourth-order valence-corrected chi connectivity index (χ4v) is 4.65. The normalized spacial score (nSPS) is 20.0. The molecule has 0 fully saturated rings. The predicted molar refractivity (Wildman–Crippen MR) is 132 cm³/mol. The van der Waals surface area contributed by atoms with Gasteiger partial charge in [-0.25, -0.2) is 9.59 Å². The average molecular weight is 487 g/mol. The molecule has 7 nitrogen and oxygen atoms in total. The number of carboxylic acid groups (broad SMARTS) is 1. The van der Waals surface area contributed by atoms with Crippen molar-refractivity contribution < 1.29 is 24.2 Å². The van der Waals surface area contributed by atoms with Crippen LogP contribution in [-0.2, 0) is 26.2 Å². The van der Waals surface area contributed by atoms with Crippen molar-refractivity contribution in [3.63, 3.8) is 0 Å². The van der Waals surface area contributed by atoms with E-state index in [0.29, 0.717) is 21.8 Å². The number of rotatable bonds is 5. The zero-order valence-corrected chi connectivity index (χ0v) is 21.0. The number of alkyl carbamates (subject to hydrolysis) is 1. The van der Waals surface area contributed by atoms with E-state index in [0.717, 1.165) is 5.56 Å². The summed E-state index contributed by atoms with van der Waals surface area (Å²) in [6.45, 7) is 10.5. The molecular formula is C26H31ClN2O5. The Morgan fingerprint density at radius 2 is 1.76 bits per heavy atom. The highest BCUT2D eigenvalue weighted by atomic mass is 35.5. The lowest BCUT2D eigenvalue weighted by Crippen LogP contribution is -2.55. The summed E-state index contributed by atoms with van der Waals surface area (Å²) in [6.07, 6.45) is -0.882. The number of nitrogens with one attached hydrogen (secondary N) is 2. The van der Waals surface area contributed by atoms with Crippen LogP contribution in [0.4, 0.5) is 10.5 Å². The molecule has 0 saturated carbocycles. The molecule has 0 spiro atoms. The number of ketones is 1. The van der Waals surface area contributed by atoms with Gasteiger partial charge in [0, 0.05) is 17.1 Å². The van der Waals surface area contributed by atoms with E-state index in [-0.39, 0.29) is 12.2 Å². The van der Waals surface area contributed by atoms with Crippen LogP contribution in [0.3, 0.4) is 0 Å². The van der Waals surface area contributed by atoms with Crippen molar-refractivity contribution in [2.45, 2.75) is 70.6 Å². The second kappa shape index (κ2) is 8.95. The summed E-state index contributed by atoms with van der Waals surface area (Å²) >= 11 is 6.47. The molecule has 3 N–H and O–H groups in total. The zero-order chi connectivity index (χ0) is 25.5. The first-order chi connectivity index (χ1) is 15.6. The number of carbonyl (C=O) groups excluding carboxylic acids is 2. The van der Waals surface area contributed by atoms with Crippen LogP contribution in [0.15, 0.2) is 42.5 Å². The first-order valence-corrected chi connectivity index (χ1v) is 11.5. The maximum atomic E-state index is 13.7. The SMILES string of the molecule is CC(C)(C)OC(=O)N[C@H](Cc1cc(Cl)cc2c1NC(C)(C)C(=O)C2(C)c1ccccc1)C(=O)O. The Bertz CT molecular complexity index is 1120. The maximum absolute atomic E-state index is 13.7. The molecule has 0 saturated heterocycles. The van der Waals surface area contributed by atoms with E-state index in [1.54, 1.807) is 46.8 Å². The second-order valence-corrected chi connectivity index (χ2v) is 10.7. The molecule has 182 valence electrons. The average Bonchev–Trinajstić information content (AvgIpc) is 2.72. The number of ether oxygens (including phenoxy) is 1. The minimum absolute atomic E-state index is 0.0337. The lowest BCUT2D eigenvalue weighted by atomic mass is 9.64. The Hall–Kier alpha value is -3.06. The summed E-state index contributed by atoms with van der Waals surface area (Å²) in [4.78, 5) is 38.0. The van der Waals surface area contributed by atoms with Gasteiger partial charge in [0.15, 0.2) is 5.78 Å². The van der Waals surface area contributed by atoms with Crippen molar-refractivity contribution in [1.82, 2.24) is 5.32 Å². The Kier molecular flexibility index (Phi) is 6.73. The Morgan fingerprint density at radius 1 is 1.15 bits per heavy atom. The highest BCUT2D eigenvalue weighted by molar-refractivity contribution is 6.31. The number of benzene rings is 2. The number of carbonyl (C=O) groups is 3. The van der Waals surface area contributed by atoms with E-state index >= 15 is 0 Å². The topological polar surface area (TPSA) is 105 Å². The van der Waals surface area contributed by atoms with Crippen LogP contribution in [-0.4, -0.2) is 40.1 Å². The Labute approximate surface area is 204 Å². The predicted octanol–water partition coefficient (Wildman–Crippen LogP) is 4.94. The van der Waals surface area contributed by atoms with Gasteiger partial charge in [0.2, 0.25) is 0 Å². The summed E-state index contributed by atoms with van der Waals surface area (Å²) in [5.41, 5.74) is -0.0325.